The molecule has 0 aliphatic carbocycles. The number of carbonyl (C=O) groups is 1. The Morgan fingerprint density at radius 2 is 2.00 bits per heavy atom. The number of fused-ring (bicyclic) bond motifs is 1. The van der Waals surface area contributed by atoms with Gasteiger partial charge in [0.05, 0.1) is 19.0 Å². The van der Waals surface area contributed by atoms with Crippen molar-refractivity contribution in [1.82, 2.24) is 19.6 Å². The van der Waals surface area contributed by atoms with Crippen LogP contribution in [0.15, 0.2) is 30.5 Å². The second kappa shape index (κ2) is 4.75. The molecule has 0 aromatic carbocycles. The number of pyridine rings is 1. The van der Waals surface area contributed by atoms with E-state index >= 15 is 0 Å². The van der Waals surface area contributed by atoms with Crippen molar-refractivity contribution in [2.45, 2.75) is 0 Å². The lowest BCUT2D eigenvalue weighted by Gasteiger charge is -2.06. The maximum absolute atomic E-state index is 11.0. The molecule has 0 aliphatic rings. The van der Waals surface area contributed by atoms with E-state index in [1.807, 2.05) is 0 Å². The number of rotatable bonds is 3. The minimum atomic E-state index is -1.10. The zero-order valence-electron chi connectivity index (χ0n) is 11.0. The molecule has 0 aliphatic heterocycles. The second-order valence-electron chi connectivity index (χ2n) is 4.25. The first-order chi connectivity index (χ1) is 10.1. The number of imidazole rings is 1. The van der Waals surface area contributed by atoms with Crippen LogP contribution >= 0.6 is 0 Å². The van der Waals surface area contributed by atoms with Crippen LogP contribution in [0.5, 0.6) is 5.88 Å². The molecular weight excluding hydrogens is 274 g/mol. The number of hydrogen-bond donors (Lipinski definition) is 2. The van der Waals surface area contributed by atoms with Gasteiger partial charge in [-0.05, 0) is 24.3 Å². The molecule has 0 fully saturated rings. The van der Waals surface area contributed by atoms with E-state index in [9.17, 15) is 4.79 Å². The molecule has 3 N–H and O–H groups in total. The number of hydrogen-bond acceptors (Lipinski definition) is 6. The number of carboxylic acids is 1. The van der Waals surface area contributed by atoms with Crippen LogP contribution < -0.4 is 10.5 Å². The molecule has 3 aromatic rings. The standard InChI is InChI=1S/C13H11N5O3/c1-21-12-7(13(19)20)2-3-8(15-12)9-4-5-11-16-10(14)6-18(11)17-9/h2-6H,14H2,1H3,(H,19,20). The van der Waals surface area contributed by atoms with Crippen LogP contribution in [-0.4, -0.2) is 37.8 Å². The van der Waals surface area contributed by atoms with Gasteiger partial charge in [-0.25, -0.2) is 19.3 Å². The first-order valence-corrected chi connectivity index (χ1v) is 5.99. The summed E-state index contributed by atoms with van der Waals surface area (Å²) in [5.41, 5.74) is 7.26. The van der Waals surface area contributed by atoms with Gasteiger partial charge in [-0.3, -0.25) is 0 Å². The van der Waals surface area contributed by atoms with Gasteiger partial charge in [-0.2, -0.15) is 5.10 Å². The minimum absolute atomic E-state index is 0.00537. The van der Waals surface area contributed by atoms with Crippen LogP contribution in [0.25, 0.3) is 17.0 Å². The van der Waals surface area contributed by atoms with E-state index < -0.39 is 5.97 Å². The van der Waals surface area contributed by atoms with Crippen molar-refractivity contribution in [2.24, 2.45) is 0 Å². The first kappa shape index (κ1) is 12.9. The molecule has 106 valence electrons. The van der Waals surface area contributed by atoms with Crippen molar-refractivity contribution in [1.29, 1.82) is 0 Å². The normalized spacial score (nSPS) is 10.7. The Bertz CT molecular complexity index is 843. The van der Waals surface area contributed by atoms with Gasteiger partial charge in [0.2, 0.25) is 5.88 Å². The zero-order chi connectivity index (χ0) is 15.0. The number of nitrogens with zero attached hydrogens (tertiary/aromatic N) is 4. The van der Waals surface area contributed by atoms with Crippen molar-refractivity contribution in [3.05, 3.63) is 36.0 Å². The molecule has 21 heavy (non-hydrogen) atoms. The molecule has 3 aromatic heterocycles. The smallest absolute Gasteiger partial charge is 0.341 e. The molecule has 0 radical (unpaired) electrons. The summed E-state index contributed by atoms with van der Waals surface area (Å²) in [6, 6.07) is 6.47. The van der Waals surface area contributed by atoms with Crippen molar-refractivity contribution >= 4 is 17.4 Å². The maximum Gasteiger partial charge on any atom is 0.341 e. The monoisotopic (exact) mass is 285 g/mol. The highest BCUT2D eigenvalue weighted by Gasteiger charge is 2.14. The van der Waals surface area contributed by atoms with Crippen LogP contribution in [0.1, 0.15) is 10.4 Å². The van der Waals surface area contributed by atoms with E-state index in [1.54, 1.807) is 24.4 Å². The Kier molecular flexibility index (Phi) is 2.90. The fourth-order valence-corrected chi connectivity index (χ4v) is 1.94. The van der Waals surface area contributed by atoms with E-state index in [0.717, 1.165) is 0 Å². The average Bonchev–Trinajstić information content (AvgIpc) is 2.85. The first-order valence-electron chi connectivity index (χ1n) is 5.99. The number of anilines is 1. The van der Waals surface area contributed by atoms with Gasteiger partial charge in [0.15, 0.2) is 5.65 Å². The third-order valence-corrected chi connectivity index (χ3v) is 2.89. The number of aromatic carboxylic acids is 1. The lowest BCUT2D eigenvalue weighted by Crippen LogP contribution is -2.04. The molecule has 3 heterocycles. The van der Waals surface area contributed by atoms with E-state index in [-0.39, 0.29) is 11.4 Å². The van der Waals surface area contributed by atoms with Crippen molar-refractivity contribution < 1.29 is 14.6 Å². The molecule has 0 unspecified atom stereocenters. The number of methoxy groups -OCH3 is 1. The summed E-state index contributed by atoms with van der Waals surface area (Å²) in [6.07, 6.45) is 1.59. The van der Waals surface area contributed by atoms with Gasteiger partial charge in [-0.15, -0.1) is 0 Å². The lowest BCUT2D eigenvalue weighted by atomic mass is 10.2. The summed E-state index contributed by atoms with van der Waals surface area (Å²) < 4.78 is 6.53. The predicted octanol–water partition coefficient (Wildman–Crippen LogP) is 1.08. The van der Waals surface area contributed by atoms with Crippen LogP contribution in [0, 0.1) is 0 Å². The summed E-state index contributed by atoms with van der Waals surface area (Å²) in [7, 11) is 1.37. The summed E-state index contributed by atoms with van der Waals surface area (Å²) >= 11 is 0. The highest BCUT2D eigenvalue weighted by Crippen LogP contribution is 2.22. The Morgan fingerprint density at radius 1 is 1.24 bits per heavy atom. The fraction of sp³-hybridized carbons (Fsp3) is 0.0769. The van der Waals surface area contributed by atoms with Gasteiger partial charge in [-0.1, -0.05) is 0 Å². The van der Waals surface area contributed by atoms with Crippen molar-refractivity contribution in [3.8, 4) is 17.3 Å². The van der Waals surface area contributed by atoms with E-state index in [2.05, 4.69) is 15.1 Å². The quantitative estimate of drug-likeness (QED) is 0.739. The lowest BCUT2D eigenvalue weighted by molar-refractivity contribution is 0.0692. The fourth-order valence-electron chi connectivity index (χ4n) is 1.94. The molecule has 0 bridgehead atoms. The molecule has 8 nitrogen and oxygen atoms in total. The average molecular weight is 285 g/mol. The van der Waals surface area contributed by atoms with Crippen molar-refractivity contribution in [2.75, 3.05) is 12.8 Å². The number of nitrogen functional groups attached to an aromatic ring is 1. The van der Waals surface area contributed by atoms with Gasteiger partial charge in [0.1, 0.15) is 17.1 Å². The molecule has 0 amide bonds. The Labute approximate surface area is 118 Å². The summed E-state index contributed by atoms with van der Waals surface area (Å²) in [5.74, 6) is -0.699. The molecule has 0 saturated heterocycles. The summed E-state index contributed by atoms with van der Waals surface area (Å²) in [6.45, 7) is 0. The van der Waals surface area contributed by atoms with Crippen LogP contribution in [0.3, 0.4) is 0 Å². The highest BCUT2D eigenvalue weighted by molar-refractivity contribution is 5.90. The summed E-state index contributed by atoms with van der Waals surface area (Å²) in [5, 5.41) is 13.4. The molecule has 0 saturated carbocycles. The SMILES string of the molecule is COc1nc(-c2ccc3nc(N)cn3n2)ccc1C(=O)O. The maximum atomic E-state index is 11.0. The predicted molar refractivity (Wildman–Crippen MR) is 74.1 cm³/mol. The van der Waals surface area contributed by atoms with E-state index in [1.165, 1.54) is 17.7 Å². The molecule has 0 spiro atoms. The van der Waals surface area contributed by atoms with Crippen LogP contribution in [0.4, 0.5) is 5.82 Å². The summed E-state index contributed by atoms with van der Waals surface area (Å²) in [4.78, 5) is 19.3. The zero-order valence-corrected chi connectivity index (χ0v) is 11.0. The van der Waals surface area contributed by atoms with Crippen LogP contribution in [0.2, 0.25) is 0 Å². The third-order valence-electron chi connectivity index (χ3n) is 2.89. The highest BCUT2D eigenvalue weighted by atomic mass is 16.5. The number of nitrogens with two attached hydrogens (primary N) is 1. The third kappa shape index (κ3) is 2.22. The Morgan fingerprint density at radius 3 is 2.71 bits per heavy atom. The molecule has 0 atom stereocenters. The second-order valence-corrected chi connectivity index (χ2v) is 4.25. The number of aromatic nitrogens is 4. The number of ether oxygens (including phenoxy) is 1. The van der Waals surface area contributed by atoms with Gasteiger partial charge >= 0.3 is 5.97 Å². The van der Waals surface area contributed by atoms with E-state index in [4.69, 9.17) is 15.6 Å². The van der Waals surface area contributed by atoms with Crippen LogP contribution in [-0.2, 0) is 0 Å². The topological polar surface area (TPSA) is 116 Å². The molecular formula is C13H11N5O3. The largest absolute Gasteiger partial charge is 0.480 e. The Balaban J connectivity index is 2.11. The van der Waals surface area contributed by atoms with E-state index in [0.29, 0.717) is 22.9 Å². The van der Waals surface area contributed by atoms with Gasteiger partial charge in [0, 0.05) is 0 Å². The van der Waals surface area contributed by atoms with Gasteiger partial charge in [0.25, 0.3) is 0 Å². The Hall–Kier alpha value is -3.16. The molecule has 3 rings (SSSR count). The van der Waals surface area contributed by atoms with Crippen molar-refractivity contribution in [3.63, 3.8) is 0 Å². The minimum Gasteiger partial charge on any atom is -0.480 e. The van der Waals surface area contributed by atoms with Gasteiger partial charge < -0.3 is 15.6 Å². The molecule has 8 heteroatoms. The number of carboxylic acid groups (broad SMARTS) is 1.